The quantitative estimate of drug-likeness (QED) is 0.176. The summed E-state index contributed by atoms with van der Waals surface area (Å²) in [5, 5.41) is 21.2. The Kier molecular flexibility index (Phi) is 9.81. The molecule has 0 radical (unpaired) electrons. The first-order valence-electron chi connectivity index (χ1n) is 13.7. The summed E-state index contributed by atoms with van der Waals surface area (Å²) >= 11 is 6.43. The number of hydrogen-bond acceptors (Lipinski definition) is 10. The molecule has 0 spiro atoms. The Morgan fingerprint density at radius 1 is 1.00 bits per heavy atom. The van der Waals surface area contributed by atoms with Crippen LogP contribution in [0.15, 0.2) is 66.9 Å². The Hall–Kier alpha value is -5.25. The van der Waals surface area contributed by atoms with E-state index in [0.29, 0.717) is 53.3 Å². The number of morpholine rings is 1. The lowest BCUT2D eigenvalue weighted by atomic mass is 10.1. The molecule has 2 amide bonds. The number of hydrogen-bond donors (Lipinski definition) is 4. The van der Waals surface area contributed by atoms with E-state index in [1.54, 1.807) is 49.6 Å². The maximum absolute atomic E-state index is 12.5. The van der Waals surface area contributed by atoms with E-state index in [1.807, 2.05) is 18.2 Å². The number of nitrogens with one attached hydrogen (secondary N) is 4. The molecule has 1 fully saturated rings. The van der Waals surface area contributed by atoms with Crippen molar-refractivity contribution in [3.05, 3.63) is 83.0 Å². The maximum Gasteiger partial charge on any atom is 0.319 e. The zero-order valence-corrected chi connectivity index (χ0v) is 24.9. The number of rotatable bonds is 10. The summed E-state index contributed by atoms with van der Waals surface area (Å²) in [6, 6.07) is 19.7. The molecule has 5 rings (SSSR count). The zero-order valence-electron chi connectivity index (χ0n) is 24.2. The third-order valence-corrected chi connectivity index (χ3v) is 7.06. The number of nitrogens with zero attached hydrogens (tertiary/aromatic N) is 4. The van der Waals surface area contributed by atoms with Crippen molar-refractivity contribution in [2.24, 2.45) is 0 Å². The third-order valence-electron chi connectivity index (χ3n) is 6.78. The van der Waals surface area contributed by atoms with Gasteiger partial charge in [0, 0.05) is 43.1 Å². The lowest BCUT2D eigenvalue weighted by Crippen LogP contribution is -2.36. The van der Waals surface area contributed by atoms with Crippen LogP contribution in [0.1, 0.15) is 11.1 Å². The molecular formula is C31H31ClN8O4. The molecule has 4 aromatic rings. The highest BCUT2D eigenvalue weighted by Crippen LogP contribution is 2.35. The fourth-order valence-corrected chi connectivity index (χ4v) is 4.66. The standard InChI is InChI=1S/C31H31ClN8O4/c1-42-27-15-23(37-31(41)35-18-21-5-3-20(17-33)4-6-21)7-9-25(27)38-30-34-19-24(32)29(39-30)36-22-8-10-26(28(16-22)43-2)40-11-13-44-14-12-40/h3-10,15-16,19H,11-14,18H2,1-2H3,(H2,35,37,41)(H2,34,36,38,39). The molecule has 4 N–H and O–H groups in total. The highest BCUT2D eigenvalue weighted by Gasteiger charge is 2.17. The van der Waals surface area contributed by atoms with Crippen molar-refractivity contribution in [1.29, 1.82) is 5.26 Å². The van der Waals surface area contributed by atoms with E-state index in [0.717, 1.165) is 35.8 Å². The third kappa shape index (κ3) is 7.57. The van der Waals surface area contributed by atoms with Crippen molar-refractivity contribution >= 4 is 52.1 Å². The van der Waals surface area contributed by atoms with E-state index < -0.39 is 0 Å². The van der Waals surface area contributed by atoms with Gasteiger partial charge in [-0.15, -0.1) is 0 Å². The summed E-state index contributed by atoms with van der Waals surface area (Å²) < 4.78 is 16.7. The van der Waals surface area contributed by atoms with Gasteiger partial charge in [0.15, 0.2) is 5.82 Å². The summed E-state index contributed by atoms with van der Waals surface area (Å²) in [6.45, 7) is 3.25. The zero-order chi connectivity index (χ0) is 30.9. The Balaban J connectivity index is 1.24. The summed E-state index contributed by atoms with van der Waals surface area (Å²) in [4.78, 5) is 23.5. The molecule has 1 aliphatic rings. The van der Waals surface area contributed by atoms with Crippen LogP contribution in [0.2, 0.25) is 5.02 Å². The van der Waals surface area contributed by atoms with E-state index >= 15 is 0 Å². The lowest BCUT2D eigenvalue weighted by Gasteiger charge is -2.30. The fraction of sp³-hybridized carbons (Fsp3) is 0.226. The van der Waals surface area contributed by atoms with Crippen LogP contribution in [-0.2, 0) is 11.3 Å². The minimum absolute atomic E-state index is 0.285. The van der Waals surface area contributed by atoms with E-state index in [4.69, 9.17) is 31.1 Å². The summed E-state index contributed by atoms with van der Waals surface area (Å²) in [6.07, 6.45) is 1.50. The molecular weight excluding hydrogens is 584 g/mol. The Morgan fingerprint density at radius 2 is 1.73 bits per heavy atom. The van der Waals surface area contributed by atoms with Crippen LogP contribution >= 0.6 is 11.6 Å². The summed E-state index contributed by atoms with van der Waals surface area (Å²) in [5.41, 5.74) is 4.28. The largest absolute Gasteiger partial charge is 0.495 e. The van der Waals surface area contributed by atoms with E-state index in [2.05, 4.69) is 42.2 Å². The van der Waals surface area contributed by atoms with Crippen molar-refractivity contribution < 1.29 is 19.0 Å². The van der Waals surface area contributed by atoms with Gasteiger partial charge in [0.05, 0.1) is 56.6 Å². The first-order valence-corrected chi connectivity index (χ1v) is 14.1. The van der Waals surface area contributed by atoms with Gasteiger partial charge in [-0.1, -0.05) is 23.7 Å². The minimum atomic E-state index is -0.386. The molecule has 3 aromatic carbocycles. The maximum atomic E-state index is 12.5. The fourth-order valence-electron chi connectivity index (χ4n) is 4.52. The molecule has 44 heavy (non-hydrogen) atoms. The van der Waals surface area contributed by atoms with Gasteiger partial charge in [0.25, 0.3) is 0 Å². The second-order valence-electron chi connectivity index (χ2n) is 9.66. The topological polar surface area (TPSA) is 146 Å². The highest BCUT2D eigenvalue weighted by atomic mass is 35.5. The van der Waals surface area contributed by atoms with Crippen molar-refractivity contribution in [3.8, 4) is 17.6 Å². The molecule has 0 aliphatic carbocycles. The van der Waals surface area contributed by atoms with Crippen molar-refractivity contribution in [1.82, 2.24) is 15.3 Å². The molecule has 1 aromatic heterocycles. The molecule has 0 saturated carbocycles. The number of aromatic nitrogens is 2. The van der Waals surface area contributed by atoms with Crippen molar-refractivity contribution in [3.63, 3.8) is 0 Å². The van der Waals surface area contributed by atoms with Crippen LogP contribution in [0, 0.1) is 11.3 Å². The molecule has 0 bridgehead atoms. The molecule has 1 aliphatic heterocycles. The SMILES string of the molecule is COc1cc(NC(=O)NCc2ccc(C#N)cc2)ccc1Nc1ncc(Cl)c(Nc2ccc(N3CCOCC3)c(OC)c2)n1. The molecule has 0 unspecified atom stereocenters. The molecule has 226 valence electrons. The molecule has 1 saturated heterocycles. The number of carbonyl (C=O) groups is 1. The second-order valence-corrected chi connectivity index (χ2v) is 10.1. The number of anilines is 6. The predicted octanol–water partition coefficient (Wildman–Crippen LogP) is 5.66. The molecule has 0 atom stereocenters. The number of ether oxygens (including phenoxy) is 3. The summed E-state index contributed by atoms with van der Waals surface area (Å²) in [7, 11) is 3.17. The highest BCUT2D eigenvalue weighted by molar-refractivity contribution is 6.32. The number of methoxy groups -OCH3 is 2. The van der Waals surface area contributed by atoms with E-state index in [1.165, 1.54) is 13.3 Å². The number of nitriles is 1. The van der Waals surface area contributed by atoms with Gasteiger partial charge < -0.3 is 40.4 Å². The predicted molar refractivity (Wildman–Crippen MR) is 170 cm³/mol. The van der Waals surface area contributed by atoms with Gasteiger partial charge in [-0.25, -0.2) is 9.78 Å². The second kappa shape index (κ2) is 14.3. The smallest absolute Gasteiger partial charge is 0.319 e. The van der Waals surface area contributed by atoms with Crippen LogP contribution in [0.3, 0.4) is 0 Å². The Bertz CT molecular complexity index is 1660. The Morgan fingerprint density at radius 3 is 2.45 bits per heavy atom. The van der Waals surface area contributed by atoms with Gasteiger partial charge in [-0.3, -0.25) is 0 Å². The average molecular weight is 615 g/mol. The molecule has 13 heteroatoms. The van der Waals surface area contributed by atoms with Gasteiger partial charge in [0.2, 0.25) is 5.95 Å². The molecule has 12 nitrogen and oxygen atoms in total. The summed E-state index contributed by atoms with van der Waals surface area (Å²) in [5.74, 6) is 1.88. The monoisotopic (exact) mass is 614 g/mol. The number of carbonyl (C=O) groups excluding carboxylic acids is 1. The number of halogens is 1. The van der Waals surface area contributed by atoms with Crippen LogP contribution in [0.5, 0.6) is 11.5 Å². The first-order chi connectivity index (χ1) is 21.4. The van der Waals surface area contributed by atoms with Crippen LogP contribution in [0.4, 0.5) is 39.3 Å². The van der Waals surface area contributed by atoms with Gasteiger partial charge in [-0.2, -0.15) is 10.2 Å². The van der Waals surface area contributed by atoms with Gasteiger partial charge >= 0.3 is 6.03 Å². The molecule has 2 heterocycles. The van der Waals surface area contributed by atoms with Crippen molar-refractivity contribution in [2.45, 2.75) is 6.54 Å². The average Bonchev–Trinajstić information content (AvgIpc) is 3.06. The number of urea groups is 1. The van der Waals surface area contributed by atoms with Gasteiger partial charge in [-0.05, 0) is 42.0 Å². The number of amides is 2. The van der Waals surface area contributed by atoms with E-state index in [9.17, 15) is 4.79 Å². The van der Waals surface area contributed by atoms with E-state index in [-0.39, 0.29) is 12.0 Å². The van der Waals surface area contributed by atoms with Crippen LogP contribution in [0.25, 0.3) is 0 Å². The van der Waals surface area contributed by atoms with Crippen molar-refractivity contribution in [2.75, 3.05) is 61.4 Å². The normalized spacial score (nSPS) is 12.5. The van der Waals surface area contributed by atoms with Gasteiger partial charge in [0.1, 0.15) is 16.5 Å². The minimum Gasteiger partial charge on any atom is -0.495 e. The Labute approximate surface area is 259 Å². The number of benzene rings is 3. The lowest BCUT2D eigenvalue weighted by molar-refractivity contribution is 0.122. The van der Waals surface area contributed by atoms with Crippen LogP contribution in [-0.4, -0.2) is 56.5 Å². The first kappa shape index (κ1) is 30.2. The van der Waals surface area contributed by atoms with Crippen LogP contribution < -0.4 is 35.6 Å².